The zero-order valence-corrected chi connectivity index (χ0v) is 11.1. The average Bonchev–Trinajstić information content (AvgIpc) is 2.42. The fraction of sp³-hybridized carbons (Fsp3) is 0.118. The topological polar surface area (TPSA) is 26.3 Å². The second kappa shape index (κ2) is 6.01. The van der Waals surface area contributed by atoms with Crippen molar-refractivity contribution in [1.82, 2.24) is 0 Å². The number of esters is 1. The Balaban J connectivity index is 2.08. The number of hydrogen-bond donors (Lipinski definition) is 0. The number of rotatable bonds is 3. The molecule has 0 atom stereocenters. The summed E-state index contributed by atoms with van der Waals surface area (Å²) in [6.07, 6.45) is 3.19. The van der Waals surface area contributed by atoms with Crippen LogP contribution in [0.15, 0.2) is 54.6 Å². The number of carbonyl (C=O) groups is 1. The Morgan fingerprint density at radius 3 is 2.21 bits per heavy atom. The van der Waals surface area contributed by atoms with Gasteiger partial charge in [-0.1, -0.05) is 48.5 Å². The standard InChI is InChI=1S/C17H16O2/c1-13-7-6-8-14(2)17(13)19-16(18)12-11-15-9-4-3-5-10-15/h3-12H,1-2H3/b12-11+. The molecule has 96 valence electrons. The van der Waals surface area contributed by atoms with Gasteiger partial charge >= 0.3 is 5.97 Å². The maximum absolute atomic E-state index is 11.8. The van der Waals surface area contributed by atoms with Gasteiger partial charge in [0, 0.05) is 6.08 Å². The zero-order chi connectivity index (χ0) is 13.7. The van der Waals surface area contributed by atoms with Crippen LogP contribution in [0.25, 0.3) is 6.08 Å². The molecule has 19 heavy (non-hydrogen) atoms. The van der Waals surface area contributed by atoms with Crippen molar-refractivity contribution < 1.29 is 9.53 Å². The molecule has 0 aliphatic heterocycles. The monoisotopic (exact) mass is 252 g/mol. The molecule has 0 spiro atoms. The third kappa shape index (κ3) is 3.55. The first-order valence-electron chi connectivity index (χ1n) is 6.18. The smallest absolute Gasteiger partial charge is 0.336 e. The molecule has 0 radical (unpaired) electrons. The molecule has 0 saturated carbocycles. The first kappa shape index (κ1) is 13.1. The molecule has 0 amide bonds. The summed E-state index contributed by atoms with van der Waals surface area (Å²) < 4.78 is 5.37. The van der Waals surface area contributed by atoms with Crippen molar-refractivity contribution in [3.05, 3.63) is 71.3 Å². The first-order chi connectivity index (χ1) is 9.16. The molecule has 0 fully saturated rings. The van der Waals surface area contributed by atoms with E-state index in [1.54, 1.807) is 6.08 Å². The molecule has 0 saturated heterocycles. The van der Waals surface area contributed by atoms with Crippen molar-refractivity contribution in [1.29, 1.82) is 0 Å². The predicted octanol–water partition coefficient (Wildman–Crippen LogP) is 3.92. The van der Waals surface area contributed by atoms with E-state index >= 15 is 0 Å². The lowest BCUT2D eigenvalue weighted by Crippen LogP contribution is -2.06. The highest BCUT2D eigenvalue weighted by Gasteiger charge is 2.06. The van der Waals surface area contributed by atoms with E-state index in [0.29, 0.717) is 5.75 Å². The van der Waals surface area contributed by atoms with Gasteiger partial charge in [-0.25, -0.2) is 4.79 Å². The summed E-state index contributed by atoms with van der Waals surface area (Å²) in [5.74, 6) is 0.284. The molecule has 0 unspecified atom stereocenters. The first-order valence-corrected chi connectivity index (χ1v) is 6.18. The van der Waals surface area contributed by atoms with Gasteiger partial charge in [-0.2, -0.15) is 0 Å². The highest BCUT2D eigenvalue weighted by atomic mass is 16.5. The summed E-state index contributed by atoms with van der Waals surface area (Å²) in [5, 5.41) is 0. The van der Waals surface area contributed by atoms with Crippen molar-refractivity contribution in [3.8, 4) is 5.75 Å². The maximum atomic E-state index is 11.8. The van der Waals surface area contributed by atoms with Crippen molar-refractivity contribution in [2.75, 3.05) is 0 Å². The van der Waals surface area contributed by atoms with Crippen molar-refractivity contribution >= 4 is 12.0 Å². The van der Waals surface area contributed by atoms with E-state index in [2.05, 4.69) is 0 Å². The molecular weight excluding hydrogens is 236 g/mol. The lowest BCUT2D eigenvalue weighted by atomic mass is 10.1. The number of aryl methyl sites for hydroxylation is 2. The van der Waals surface area contributed by atoms with E-state index in [1.165, 1.54) is 6.08 Å². The summed E-state index contributed by atoms with van der Waals surface area (Å²) in [4.78, 5) is 11.8. The minimum Gasteiger partial charge on any atom is -0.423 e. The number of carbonyl (C=O) groups excluding carboxylic acids is 1. The molecule has 0 aliphatic rings. The molecule has 2 heteroatoms. The Kier molecular flexibility index (Phi) is 4.14. The molecule has 2 nitrogen and oxygen atoms in total. The summed E-state index contributed by atoms with van der Waals surface area (Å²) >= 11 is 0. The van der Waals surface area contributed by atoms with Crippen LogP contribution < -0.4 is 4.74 Å². The molecule has 0 aliphatic carbocycles. The molecule has 0 bridgehead atoms. The lowest BCUT2D eigenvalue weighted by molar-refractivity contribution is -0.129. The number of hydrogen-bond acceptors (Lipinski definition) is 2. The van der Waals surface area contributed by atoms with Crippen molar-refractivity contribution in [3.63, 3.8) is 0 Å². The van der Waals surface area contributed by atoms with Crippen LogP contribution in [0.4, 0.5) is 0 Å². The highest BCUT2D eigenvalue weighted by molar-refractivity contribution is 5.89. The SMILES string of the molecule is Cc1cccc(C)c1OC(=O)/C=C/c1ccccc1. The van der Waals surface area contributed by atoms with Crippen LogP contribution in [0, 0.1) is 13.8 Å². The van der Waals surface area contributed by atoms with E-state index in [4.69, 9.17) is 4.74 Å². The minimum absolute atomic E-state index is 0.360. The van der Waals surface area contributed by atoms with E-state index in [-0.39, 0.29) is 5.97 Å². The van der Waals surface area contributed by atoms with E-state index in [1.807, 2.05) is 62.4 Å². The molecule has 0 N–H and O–H groups in total. The molecular formula is C17H16O2. The molecule has 2 aromatic rings. The van der Waals surface area contributed by atoms with Crippen molar-refractivity contribution in [2.24, 2.45) is 0 Å². The average molecular weight is 252 g/mol. The van der Waals surface area contributed by atoms with Gasteiger partial charge in [0.05, 0.1) is 0 Å². The Morgan fingerprint density at radius 2 is 1.58 bits per heavy atom. The minimum atomic E-state index is -0.360. The Hall–Kier alpha value is -2.35. The second-order valence-corrected chi connectivity index (χ2v) is 4.39. The van der Waals surface area contributed by atoms with Gasteiger partial charge in [0.15, 0.2) is 0 Å². The van der Waals surface area contributed by atoms with Crippen LogP contribution in [0.2, 0.25) is 0 Å². The fourth-order valence-electron chi connectivity index (χ4n) is 1.82. The quantitative estimate of drug-likeness (QED) is 0.470. The third-order valence-corrected chi connectivity index (χ3v) is 2.82. The number of para-hydroxylation sites is 1. The Bertz CT molecular complexity index is 578. The Morgan fingerprint density at radius 1 is 0.947 bits per heavy atom. The molecule has 2 aromatic carbocycles. The summed E-state index contributed by atoms with van der Waals surface area (Å²) in [6.45, 7) is 3.85. The van der Waals surface area contributed by atoms with E-state index in [0.717, 1.165) is 16.7 Å². The van der Waals surface area contributed by atoms with Crippen LogP contribution in [-0.2, 0) is 4.79 Å². The second-order valence-electron chi connectivity index (χ2n) is 4.39. The van der Waals surface area contributed by atoms with Gasteiger partial charge < -0.3 is 4.74 Å². The lowest BCUT2D eigenvalue weighted by Gasteiger charge is -2.08. The largest absolute Gasteiger partial charge is 0.423 e. The fourth-order valence-corrected chi connectivity index (χ4v) is 1.82. The predicted molar refractivity (Wildman–Crippen MR) is 77.0 cm³/mol. The Labute approximate surface area is 113 Å². The zero-order valence-electron chi connectivity index (χ0n) is 11.1. The van der Waals surface area contributed by atoms with Gasteiger partial charge in [0.2, 0.25) is 0 Å². The third-order valence-electron chi connectivity index (χ3n) is 2.82. The number of benzene rings is 2. The van der Waals surface area contributed by atoms with Gasteiger partial charge in [0.1, 0.15) is 5.75 Å². The van der Waals surface area contributed by atoms with Crippen molar-refractivity contribution in [2.45, 2.75) is 13.8 Å². The van der Waals surface area contributed by atoms with E-state index < -0.39 is 0 Å². The van der Waals surface area contributed by atoms with Crippen LogP contribution in [-0.4, -0.2) is 5.97 Å². The summed E-state index contributed by atoms with van der Waals surface area (Å²) in [6, 6.07) is 15.5. The maximum Gasteiger partial charge on any atom is 0.336 e. The van der Waals surface area contributed by atoms with Gasteiger partial charge in [-0.05, 0) is 36.6 Å². The highest BCUT2D eigenvalue weighted by Crippen LogP contribution is 2.22. The molecule has 2 rings (SSSR count). The molecule has 0 aromatic heterocycles. The van der Waals surface area contributed by atoms with E-state index in [9.17, 15) is 4.79 Å². The van der Waals surface area contributed by atoms with Gasteiger partial charge in [0.25, 0.3) is 0 Å². The normalized spacial score (nSPS) is 10.6. The van der Waals surface area contributed by atoms with Gasteiger partial charge in [-0.15, -0.1) is 0 Å². The number of ether oxygens (including phenoxy) is 1. The van der Waals surface area contributed by atoms with Crippen LogP contribution in [0.1, 0.15) is 16.7 Å². The molecule has 0 heterocycles. The summed E-state index contributed by atoms with van der Waals surface area (Å²) in [7, 11) is 0. The van der Waals surface area contributed by atoms with Crippen LogP contribution in [0.5, 0.6) is 5.75 Å². The summed E-state index contributed by atoms with van der Waals surface area (Å²) in [5.41, 5.74) is 2.89. The van der Waals surface area contributed by atoms with Gasteiger partial charge in [-0.3, -0.25) is 0 Å². The van der Waals surface area contributed by atoms with Crippen LogP contribution >= 0.6 is 0 Å². The van der Waals surface area contributed by atoms with Crippen LogP contribution in [0.3, 0.4) is 0 Å².